The zero-order valence-corrected chi connectivity index (χ0v) is 13.6. The van der Waals surface area contributed by atoms with Crippen LogP contribution in [0.25, 0.3) is 0 Å². The molecule has 24 heavy (non-hydrogen) atoms. The van der Waals surface area contributed by atoms with Crippen molar-refractivity contribution in [1.29, 1.82) is 0 Å². The van der Waals surface area contributed by atoms with Crippen LogP contribution in [0.5, 0.6) is 11.5 Å². The standard InChI is InChI=1S/C18H19NO5/c1-21-16-8-6-14(7-9-16)11-19-24-13-18(20)23-12-15-4-3-5-17(10-15)22-2/h3-11H,12-13H2,1-2H3/b19-11+. The molecule has 2 aromatic carbocycles. The summed E-state index contributed by atoms with van der Waals surface area (Å²) in [7, 11) is 3.18. The van der Waals surface area contributed by atoms with Crippen molar-refractivity contribution >= 4 is 12.2 Å². The molecule has 0 atom stereocenters. The molecule has 2 rings (SSSR count). The van der Waals surface area contributed by atoms with Gasteiger partial charge in [-0.2, -0.15) is 0 Å². The van der Waals surface area contributed by atoms with Crippen LogP contribution in [0.2, 0.25) is 0 Å². The molecule has 0 N–H and O–H groups in total. The lowest BCUT2D eigenvalue weighted by molar-refractivity contribution is -0.150. The minimum atomic E-state index is -0.496. The van der Waals surface area contributed by atoms with E-state index in [1.807, 2.05) is 42.5 Å². The summed E-state index contributed by atoms with van der Waals surface area (Å²) in [6, 6.07) is 14.6. The number of esters is 1. The number of rotatable bonds is 8. The molecule has 6 heteroatoms. The molecule has 0 spiro atoms. The molecule has 6 nitrogen and oxygen atoms in total. The Labute approximate surface area is 140 Å². The molecule has 0 fully saturated rings. The van der Waals surface area contributed by atoms with Gasteiger partial charge in [-0.1, -0.05) is 17.3 Å². The number of ether oxygens (including phenoxy) is 3. The van der Waals surface area contributed by atoms with Gasteiger partial charge in [0.05, 0.1) is 20.4 Å². The smallest absolute Gasteiger partial charge is 0.347 e. The summed E-state index contributed by atoms with van der Waals surface area (Å²) in [5.74, 6) is 0.975. The van der Waals surface area contributed by atoms with E-state index in [2.05, 4.69) is 5.16 Å². The van der Waals surface area contributed by atoms with E-state index in [0.717, 1.165) is 16.9 Å². The molecule has 126 valence electrons. The third-order valence-corrected chi connectivity index (χ3v) is 3.11. The van der Waals surface area contributed by atoms with Gasteiger partial charge in [0.25, 0.3) is 0 Å². The van der Waals surface area contributed by atoms with Gasteiger partial charge in [-0.15, -0.1) is 0 Å². The quantitative estimate of drug-likeness (QED) is 0.423. The minimum Gasteiger partial charge on any atom is -0.497 e. The molecule has 0 aliphatic rings. The van der Waals surface area contributed by atoms with E-state index >= 15 is 0 Å². The van der Waals surface area contributed by atoms with Gasteiger partial charge in [-0.3, -0.25) is 0 Å². The fourth-order valence-corrected chi connectivity index (χ4v) is 1.85. The molecular formula is C18H19NO5. The summed E-state index contributed by atoms with van der Waals surface area (Å²) in [4.78, 5) is 16.5. The van der Waals surface area contributed by atoms with Gasteiger partial charge in [-0.05, 0) is 47.5 Å². The first-order chi connectivity index (χ1) is 11.7. The number of methoxy groups -OCH3 is 2. The number of carbonyl (C=O) groups is 1. The number of oxime groups is 1. The number of carbonyl (C=O) groups excluding carboxylic acids is 1. The van der Waals surface area contributed by atoms with Gasteiger partial charge < -0.3 is 19.0 Å². The van der Waals surface area contributed by atoms with Gasteiger partial charge >= 0.3 is 5.97 Å². The van der Waals surface area contributed by atoms with Crippen molar-refractivity contribution in [3.05, 3.63) is 59.7 Å². The average Bonchev–Trinajstić information content (AvgIpc) is 2.64. The predicted octanol–water partition coefficient (Wildman–Crippen LogP) is 2.80. The summed E-state index contributed by atoms with van der Waals surface area (Å²) < 4.78 is 15.3. The fraction of sp³-hybridized carbons (Fsp3) is 0.222. The molecule has 0 aromatic heterocycles. The Kier molecular flexibility index (Phi) is 6.64. The number of hydrogen-bond donors (Lipinski definition) is 0. The molecule has 0 amide bonds. The highest BCUT2D eigenvalue weighted by Crippen LogP contribution is 2.13. The Balaban J connectivity index is 1.71. The zero-order chi connectivity index (χ0) is 17.2. The molecule has 0 heterocycles. The third kappa shape index (κ3) is 5.64. The van der Waals surface area contributed by atoms with E-state index in [-0.39, 0.29) is 13.2 Å². The summed E-state index contributed by atoms with van der Waals surface area (Å²) in [6.07, 6.45) is 1.51. The van der Waals surface area contributed by atoms with Crippen LogP contribution < -0.4 is 9.47 Å². The van der Waals surface area contributed by atoms with Gasteiger partial charge in [0, 0.05) is 0 Å². The summed E-state index contributed by atoms with van der Waals surface area (Å²) in [5.41, 5.74) is 1.67. The summed E-state index contributed by atoms with van der Waals surface area (Å²) in [6.45, 7) is -0.0990. The van der Waals surface area contributed by atoms with Crippen molar-refractivity contribution in [2.24, 2.45) is 5.16 Å². The number of benzene rings is 2. The maximum absolute atomic E-state index is 11.6. The van der Waals surface area contributed by atoms with E-state index in [4.69, 9.17) is 19.0 Å². The first-order valence-electron chi connectivity index (χ1n) is 7.29. The van der Waals surface area contributed by atoms with Crippen LogP contribution in [0, 0.1) is 0 Å². The van der Waals surface area contributed by atoms with Crippen molar-refractivity contribution in [1.82, 2.24) is 0 Å². The Morgan fingerprint density at radius 1 is 1.04 bits per heavy atom. The predicted molar refractivity (Wildman–Crippen MR) is 89.3 cm³/mol. The molecule has 0 aliphatic carbocycles. The van der Waals surface area contributed by atoms with Crippen LogP contribution in [0.15, 0.2) is 53.7 Å². The molecule has 0 unspecified atom stereocenters. The minimum absolute atomic E-state index is 0.154. The highest BCUT2D eigenvalue weighted by atomic mass is 16.6. The molecule has 0 aliphatic heterocycles. The van der Waals surface area contributed by atoms with Crippen LogP contribution in [0.3, 0.4) is 0 Å². The topological polar surface area (TPSA) is 66.4 Å². The number of hydrogen-bond acceptors (Lipinski definition) is 6. The second-order valence-electron chi connectivity index (χ2n) is 4.79. The van der Waals surface area contributed by atoms with Crippen LogP contribution >= 0.6 is 0 Å². The Bertz CT molecular complexity index is 682. The van der Waals surface area contributed by atoms with Gasteiger partial charge in [0.15, 0.2) is 0 Å². The molecule has 2 aromatic rings. The third-order valence-electron chi connectivity index (χ3n) is 3.11. The van der Waals surface area contributed by atoms with Crippen LogP contribution in [-0.2, 0) is 21.0 Å². The van der Waals surface area contributed by atoms with Crippen molar-refractivity contribution in [3.8, 4) is 11.5 Å². The Morgan fingerprint density at radius 2 is 1.79 bits per heavy atom. The summed E-state index contributed by atoms with van der Waals surface area (Å²) in [5, 5.41) is 3.73. The molecule has 0 bridgehead atoms. The van der Waals surface area contributed by atoms with E-state index in [0.29, 0.717) is 5.75 Å². The first kappa shape index (κ1) is 17.3. The van der Waals surface area contributed by atoms with Crippen molar-refractivity contribution < 1.29 is 23.8 Å². The van der Waals surface area contributed by atoms with E-state index in [1.165, 1.54) is 6.21 Å². The zero-order valence-electron chi connectivity index (χ0n) is 13.6. The van der Waals surface area contributed by atoms with Crippen molar-refractivity contribution in [2.75, 3.05) is 20.8 Å². The lowest BCUT2D eigenvalue weighted by Crippen LogP contribution is -2.10. The van der Waals surface area contributed by atoms with Crippen LogP contribution in [0.4, 0.5) is 0 Å². The molecule has 0 saturated carbocycles. The van der Waals surface area contributed by atoms with Gasteiger partial charge in [-0.25, -0.2) is 4.79 Å². The first-order valence-corrected chi connectivity index (χ1v) is 7.29. The van der Waals surface area contributed by atoms with Gasteiger partial charge in [0.2, 0.25) is 6.61 Å². The van der Waals surface area contributed by atoms with Crippen molar-refractivity contribution in [3.63, 3.8) is 0 Å². The fourth-order valence-electron chi connectivity index (χ4n) is 1.85. The lowest BCUT2D eigenvalue weighted by Gasteiger charge is -2.06. The summed E-state index contributed by atoms with van der Waals surface area (Å²) >= 11 is 0. The van der Waals surface area contributed by atoms with E-state index in [1.54, 1.807) is 20.3 Å². The maximum atomic E-state index is 11.6. The Hall–Kier alpha value is -3.02. The normalized spacial score (nSPS) is 10.4. The highest BCUT2D eigenvalue weighted by molar-refractivity contribution is 5.79. The maximum Gasteiger partial charge on any atom is 0.347 e. The van der Waals surface area contributed by atoms with Gasteiger partial charge in [0.1, 0.15) is 18.1 Å². The second-order valence-corrected chi connectivity index (χ2v) is 4.79. The lowest BCUT2D eigenvalue weighted by atomic mass is 10.2. The monoisotopic (exact) mass is 329 g/mol. The van der Waals surface area contributed by atoms with Crippen LogP contribution in [-0.4, -0.2) is 33.0 Å². The molecule has 0 radical (unpaired) electrons. The SMILES string of the molecule is COc1ccc(/C=N/OCC(=O)OCc2cccc(OC)c2)cc1. The number of nitrogens with zero attached hydrogens (tertiary/aromatic N) is 1. The molecular weight excluding hydrogens is 310 g/mol. The molecule has 0 saturated heterocycles. The Morgan fingerprint density at radius 3 is 2.50 bits per heavy atom. The van der Waals surface area contributed by atoms with E-state index < -0.39 is 5.97 Å². The van der Waals surface area contributed by atoms with Crippen molar-refractivity contribution in [2.45, 2.75) is 6.61 Å². The second kappa shape index (κ2) is 9.19. The van der Waals surface area contributed by atoms with Crippen LogP contribution in [0.1, 0.15) is 11.1 Å². The largest absolute Gasteiger partial charge is 0.497 e. The average molecular weight is 329 g/mol. The van der Waals surface area contributed by atoms with E-state index in [9.17, 15) is 4.79 Å². The highest BCUT2D eigenvalue weighted by Gasteiger charge is 2.04.